The van der Waals surface area contributed by atoms with Gasteiger partial charge in [0.25, 0.3) is 17.4 Å². The summed E-state index contributed by atoms with van der Waals surface area (Å²) in [7, 11) is -3.35. The maximum atomic E-state index is 13.2. The average Bonchev–Trinajstić information content (AvgIpc) is 3.71. The smallest absolute Gasteiger partial charge is 0.266 e. The van der Waals surface area contributed by atoms with Crippen LogP contribution in [0.5, 0.6) is 5.75 Å². The van der Waals surface area contributed by atoms with E-state index in [4.69, 9.17) is 9.72 Å². The van der Waals surface area contributed by atoms with Crippen molar-refractivity contribution in [3.63, 3.8) is 0 Å². The lowest BCUT2D eigenvalue weighted by atomic mass is 10.0. The number of unbranched alkanes of at least 4 members (excludes halogenated alkanes) is 6. The number of aromatic nitrogens is 3. The minimum atomic E-state index is -3.35. The number of fused-ring (bicyclic) bond motifs is 2. The highest BCUT2D eigenvalue weighted by molar-refractivity contribution is 7.89. The number of ether oxygens (including phenoxy) is 1. The van der Waals surface area contributed by atoms with Crippen molar-refractivity contribution in [3.8, 4) is 5.75 Å². The number of pyridine rings is 1. The van der Waals surface area contributed by atoms with Crippen molar-refractivity contribution in [2.75, 3.05) is 30.8 Å². The normalized spacial score (nSPS) is 22.2. The highest BCUT2D eigenvalue weighted by atomic mass is 32.2. The predicted molar refractivity (Wildman–Crippen MR) is 209 cm³/mol. The molecule has 3 atom stereocenters. The Hall–Kier alpha value is -4.70. The Morgan fingerprint density at radius 2 is 1.62 bits per heavy atom. The molecule has 0 spiro atoms. The van der Waals surface area contributed by atoms with Crippen molar-refractivity contribution < 1.29 is 32.3 Å². The maximum Gasteiger partial charge on any atom is 0.266 e. The molecule has 15 nitrogen and oxygen atoms in total. The van der Waals surface area contributed by atoms with Crippen molar-refractivity contribution >= 4 is 50.6 Å². The molecule has 5 heterocycles. The molecular formula is C40H51N7O8S. The number of imide groups is 2. The second kappa shape index (κ2) is 17.2. The fourth-order valence-electron chi connectivity index (χ4n) is 8.58. The number of sulfonamides is 1. The first-order chi connectivity index (χ1) is 27.0. The zero-order valence-electron chi connectivity index (χ0n) is 31.9. The van der Waals surface area contributed by atoms with E-state index in [1.807, 2.05) is 4.57 Å². The molecule has 7 rings (SSSR count). The summed E-state index contributed by atoms with van der Waals surface area (Å²) >= 11 is 0. The van der Waals surface area contributed by atoms with Gasteiger partial charge in [-0.3, -0.25) is 38.8 Å². The molecule has 2 N–H and O–H groups in total. The van der Waals surface area contributed by atoms with Gasteiger partial charge in [-0.25, -0.2) is 17.7 Å². The van der Waals surface area contributed by atoms with Crippen LogP contribution in [0.3, 0.4) is 0 Å². The first-order valence-corrected chi connectivity index (χ1v) is 21.7. The number of nitrogens with zero attached hydrogens (tertiary/aromatic N) is 5. The summed E-state index contributed by atoms with van der Waals surface area (Å²) in [5.41, 5.74) is 0.944. The highest BCUT2D eigenvalue weighted by Crippen LogP contribution is 2.36. The number of piperidine rings is 2. The van der Waals surface area contributed by atoms with E-state index in [1.165, 1.54) is 0 Å². The lowest BCUT2D eigenvalue weighted by Crippen LogP contribution is -2.54. The zero-order chi connectivity index (χ0) is 39.4. The molecule has 300 valence electrons. The molecule has 0 radical (unpaired) electrons. The van der Waals surface area contributed by atoms with Crippen molar-refractivity contribution in [1.29, 1.82) is 0 Å². The Morgan fingerprint density at radius 1 is 0.875 bits per heavy atom. The summed E-state index contributed by atoms with van der Waals surface area (Å²) in [6, 6.07) is 7.34. The molecular weight excluding hydrogens is 739 g/mol. The molecule has 4 amide bonds. The van der Waals surface area contributed by atoms with Crippen LogP contribution in [0, 0.1) is 5.92 Å². The van der Waals surface area contributed by atoms with Crippen molar-refractivity contribution in [3.05, 3.63) is 58.0 Å². The molecule has 0 bridgehead atoms. The molecule has 4 aliphatic rings. The third-order valence-electron chi connectivity index (χ3n) is 11.7. The lowest BCUT2D eigenvalue weighted by Gasteiger charge is -2.31. The van der Waals surface area contributed by atoms with Gasteiger partial charge in [0.2, 0.25) is 27.8 Å². The Bertz CT molecular complexity index is 2150. The van der Waals surface area contributed by atoms with Crippen LogP contribution in [0.15, 0.2) is 41.3 Å². The molecule has 1 saturated carbocycles. The third kappa shape index (κ3) is 8.50. The largest absolute Gasteiger partial charge is 0.493 e. The molecule has 2 aromatic heterocycles. The van der Waals surface area contributed by atoms with Crippen LogP contribution >= 0.6 is 0 Å². The van der Waals surface area contributed by atoms with Crippen LogP contribution in [0.1, 0.15) is 124 Å². The molecule has 2 saturated heterocycles. The molecule has 16 heteroatoms. The molecule has 1 aromatic carbocycles. The first kappa shape index (κ1) is 39.5. The Morgan fingerprint density at radius 3 is 2.36 bits per heavy atom. The molecule has 56 heavy (non-hydrogen) atoms. The van der Waals surface area contributed by atoms with Gasteiger partial charge < -0.3 is 10.1 Å². The van der Waals surface area contributed by atoms with E-state index in [-0.39, 0.29) is 47.4 Å². The summed E-state index contributed by atoms with van der Waals surface area (Å²) in [4.78, 5) is 73.3. The number of rotatable bonds is 16. The van der Waals surface area contributed by atoms with Gasteiger partial charge in [0.1, 0.15) is 17.4 Å². The van der Waals surface area contributed by atoms with Crippen LogP contribution in [0.2, 0.25) is 0 Å². The van der Waals surface area contributed by atoms with Gasteiger partial charge in [0.15, 0.2) is 0 Å². The van der Waals surface area contributed by atoms with E-state index in [0.29, 0.717) is 62.2 Å². The SMILES string of the molecule is CC1CCCC1n1c(=O)ccc2cnc(NC3CCN(S(=O)(=O)CCCCCCCCCOc4cccc5c4C(=O)N(C4CCC(=O)NC4=O)C5=O)CC3)nc21. The van der Waals surface area contributed by atoms with Crippen molar-refractivity contribution in [1.82, 2.24) is 29.1 Å². The highest BCUT2D eigenvalue weighted by Gasteiger charge is 2.46. The van der Waals surface area contributed by atoms with Gasteiger partial charge in [-0.2, -0.15) is 4.98 Å². The van der Waals surface area contributed by atoms with Gasteiger partial charge in [-0.05, 0) is 69.1 Å². The Balaban J connectivity index is 0.783. The van der Waals surface area contributed by atoms with Crippen molar-refractivity contribution in [2.45, 2.75) is 115 Å². The van der Waals surface area contributed by atoms with E-state index < -0.39 is 39.7 Å². The number of hydrogen-bond acceptors (Lipinski definition) is 11. The number of carbonyl (C=O) groups excluding carboxylic acids is 4. The number of benzene rings is 1. The monoisotopic (exact) mass is 789 g/mol. The molecule has 1 aliphatic carbocycles. The number of hydrogen-bond donors (Lipinski definition) is 2. The van der Waals surface area contributed by atoms with Gasteiger partial charge in [0.05, 0.1) is 23.5 Å². The predicted octanol–water partition coefficient (Wildman–Crippen LogP) is 4.57. The van der Waals surface area contributed by atoms with E-state index in [2.05, 4.69) is 22.5 Å². The number of carbonyl (C=O) groups is 4. The van der Waals surface area contributed by atoms with Gasteiger partial charge in [-0.15, -0.1) is 0 Å². The molecule has 3 aliphatic heterocycles. The van der Waals surface area contributed by atoms with Gasteiger partial charge >= 0.3 is 0 Å². The second-order valence-electron chi connectivity index (χ2n) is 15.6. The average molecular weight is 790 g/mol. The summed E-state index contributed by atoms with van der Waals surface area (Å²) < 4.78 is 35.6. The third-order valence-corrected chi connectivity index (χ3v) is 13.7. The van der Waals surface area contributed by atoms with Crippen LogP contribution in [-0.2, 0) is 19.6 Å². The molecule has 3 unspecified atom stereocenters. The zero-order valence-corrected chi connectivity index (χ0v) is 32.7. The topological polar surface area (TPSA) is 190 Å². The second-order valence-corrected chi connectivity index (χ2v) is 17.7. The number of amides is 4. The van der Waals surface area contributed by atoms with Gasteiger partial charge in [0, 0.05) is 49.2 Å². The summed E-state index contributed by atoms with van der Waals surface area (Å²) in [5, 5.41) is 6.43. The van der Waals surface area contributed by atoms with Crippen LogP contribution in [0.4, 0.5) is 5.95 Å². The minimum Gasteiger partial charge on any atom is -0.493 e. The van der Waals surface area contributed by atoms with E-state index in [0.717, 1.165) is 68.1 Å². The Labute approximate surface area is 326 Å². The fourth-order valence-corrected chi connectivity index (χ4v) is 10.2. The van der Waals surface area contributed by atoms with E-state index >= 15 is 0 Å². The number of anilines is 1. The number of nitrogens with one attached hydrogen (secondary N) is 2. The minimum absolute atomic E-state index is 0.0362. The quantitative estimate of drug-likeness (QED) is 0.153. The fraction of sp³-hybridized carbons (Fsp3) is 0.575. The molecule has 3 fully saturated rings. The summed E-state index contributed by atoms with van der Waals surface area (Å²) in [5.74, 6) is -0.917. The van der Waals surface area contributed by atoms with Crippen molar-refractivity contribution in [2.24, 2.45) is 5.92 Å². The van der Waals surface area contributed by atoms with E-state index in [9.17, 15) is 32.4 Å². The van der Waals surface area contributed by atoms with E-state index in [1.54, 1.807) is 40.8 Å². The lowest BCUT2D eigenvalue weighted by molar-refractivity contribution is -0.136. The van der Waals surface area contributed by atoms with Crippen LogP contribution in [-0.4, -0.2) is 93.3 Å². The maximum absolute atomic E-state index is 13.2. The Kier molecular flexibility index (Phi) is 12.1. The van der Waals surface area contributed by atoms with Crippen LogP contribution in [0.25, 0.3) is 11.0 Å². The van der Waals surface area contributed by atoms with Gasteiger partial charge in [-0.1, -0.05) is 51.5 Å². The molecule has 3 aromatic rings. The summed E-state index contributed by atoms with van der Waals surface area (Å²) in [6.45, 7) is 3.42. The summed E-state index contributed by atoms with van der Waals surface area (Å²) in [6.07, 6.45) is 12.3. The standard InChI is InChI=1S/C40H51N7O8S/c1-26-11-9-13-30(26)46-34(49)18-15-27-25-41-40(44-36(27)46)42-28-19-21-45(22-20-28)56(53,54)24-8-6-4-2-3-5-7-23-55-32-14-10-12-29-35(32)39(52)47(38(29)51)31-16-17-33(48)43-37(31)50/h10,12,14-15,18,25-26,28,30-31H,2-9,11,13,16-17,19-24H2,1H3,(H,41,42,44)(H,43,48,50). The first-order valence-electron chi connectivity index (χ1n) is 20.1. The van der Waals surface area contributed by atoms with Crippen LogP contribution < -0.4 is 20.9 Å².